The molecular formula is C19H19N5O5S. The molecule has 2 saturated heterocycles. The largest absolute Gasteiger partial charge is 0.361 e. The molecule has 0 bridgehead atoms. The molecule has 156 valence electrons. The Balaban J connectivity index is 1.43. The van der Waals surface area contributed by atoms with Gasteiger partial charge in [0.25, 0.3) is 5.91 Å². The number of likely N-dealkylation sites (tertiary alicyclic amines) is 1. The maximum atomic E-state index is 12.9. The fourth-order valence-corrected chi connectivity index (χ4v) is 6.70. The lowest BCUT2D eigenvalue weighted by atomic mass is 9.82. The smallest absolute Gasteiger partial charge is 0.259 e. The molecule has 1 unspecified atom stereocenters. The molecule has 30 heavy (non-hydrogen) atoms. The van der Waals surface area contributed by atoms with Gasteiger partial charge in [0, 0.05) is 19.3 Å². The van der Waals surface area contributed by atoms with Crippen molar-refractivity contribution in [2.45, 2.75) is 30.9 Å². The number of amides is 1. The number of carbonyl (C=O) groups is 1. The quantitative estimate of drug-likeness (QED) is 0.608. The van der Waals surface area contributed by atoms with E-state index in [1.807, 2.05) is 6.07 Å². The number of aromatic nitrogens is 4. The normalized spacial score (nSPS) is 21.7. The van der Waals surface area contributed by atoms with Crippen LogP contribution in [0.2, 0.25) is 0 Å². The molecule has 0 N–H and O–H groups in total. The van der Waals surface area contributed by atoms with E-state index in [0.29, 0.717) is 35.0 Å². The zero-order valence-corrected chi connectivity index (χ0v) is 17.2. The summed E-state index contributed by atoms with van der Waals surface area (Å²) in [7, 11) is -3.43. The van der Waals surface area contributed by atoms with Crippen LogP contribution in [0, 0.1) is 13.8 Å². The number of hydrogen-bond acceptors (Lipinski definition) is 9. The molecule has 2 aliphatic heterocycles. The molecule has 5 rings (SSSR count). The van der Waals surface area contributed by atoms with Gasteiger partial charge >= 0.3 is 0 Å². The summed E-state index contributed by atoms with van der Waals surface area (Å²) in [5.74, 6) is 0.265. The number of nitrogens with zero attached hydrogens (tertiary/aromatic N) is 5. The lowest BCUT2D eigenvalue weighted by Crippen LogP contribution is -2.67. The summed E-state index contributed by atoms with van der Waals surface area (Å²) in [5.41, 5.74) is 1.42. The Hall–Kier alpha value is -3.08. The van der Waals surface area contributed by atoms with Crippen LogP contribution >= 0.6 is 0 Å². The van der Waals surface area contributed by atoms with Gasteiger partial charge in [-0.05, 0) is 32.4 Å². The summed E-state index contributed by atoms with van der Waals surface area (Å²) in [6, 6.07) is 5.34. The third-order valence-corrected chi connectivity index (χ3v) is 8.57. The maximum absolute atomic E-state index is 12.9. The van der Waals surface area contributed by atoms with Crippen LogP contribution in [0.1, 0.15) is 40.0 Å². The second-order valence-electron chi connectivity index (χ2n) is 7.76. The monoisotopic (exact) mass is 429 g/mol. The Morgan fingerprint density at radius 2 is 2.00 bits per heavy atom. The van der Waals surface area contributed by atoms with E-state index in [4.69, 9.17) is 9.05 Å². The van der Waals surface area contributed by atoms with Crippen molar-refractivity contribution in [2.75, 3.05) is 18.8 Å². The molecule has 1 spiro atoms. The fraction of sp³-hybridized carbons (Fsp3) is 0.421. The maximum Gasteiger partial charge on any atom is 0.259 e. The van der Waals surface area contributed by atoms with E-state index in [2.05, 4.69) is 20.3 Å². The minimum atomic E-state index is -3.43. The Bertz CT molecular complexity index is 1210. The third-order valence-electron chi connectivity index (χ3n) is 6.01. The first-order chi connectivity index (χ1) is 14.3. The highest BCUT2D eigenvalue weighted by molar-refractivity contribution is 7.93. The molecule has 1 atom stereocenters. The Morgan fingerprint density at radius 1 is 1.20 bits per heavy atom. The van der Waals surface area contributed by atoms with Crippen LogP contribution in [0.15, 0.2) is 33.4 Å². The number of carbonyl (C=O) groups excluding carboxylic acids is 1. The summed E-state index contributed by atoms with van der Waals surface area (Å²) >= 11 is 0. The topological polar surface area (TPSA) is 132 Å². The van der Waals surface area contributed by atoms with Crippen LogP contribution in [-0.4, -0.2) is 63.1 Å². The molecular weight excluding hydrogens is 410 g/mol. The van der Waals surface area contributed by atoms with Crippen LogP contribution in [0.3, 0.4) is 0 Å². The van der Waals surface area contributed by atoms with Gasteiger partial charge in [-0.2, -0.15) is 4.98 Å². The van der Waals surface area contributed by atoms with Crippen LogP contribution in [0.5, 0.6) is 0 Å². The Labute approximate surface area is 172 Å². The fourth-order valence-electron chi connectivity index (χ4n) is 4.39. The van der Waals surface area contributed by atoms with Gasteiger partial charge in [0.15, 0.2) is 9.84 Å². The summed E-state index contributed by atoms with van der Waals surface area (Å²) in [5, 5.41) is 7.79. The first kappa shape index (κ1) is 18.9. The van der Waals surface area contributed by atoms with Crippen molar-refractivity contribution >= 4 is 15.7 Å². The zero-order chi connectivity index (χ0) is 21.1. The Morgan fingerprint density at radius 3 is 2.67 bits per heavy atom. The third kappa shape index (κ3) is 2.61. The molecule has 0 saturated carbocycles. The highest BCUT2D eigenvalue weighted by Crippen LogP contribution is 2.50. The van der Waals surface area contributed by atoms with Crippen molar-refractivity contribution in [1.29, 1.82) is 0 Å². The molecule has 11 heteroatoms. The molecule has 1 amide bonds. The summed E-state index contributed by atoms with van der Waals surface area (Å²) in [4.78, 5) is 23.0. The number of sulfone groups is 1. The molecule has 3 aromatic heterocycles. The van der Waals surface area contributed by atoms with Gasteiger partial charge in [0.2, 0.25) is 11.7 Å². The van der Waals surface area contributed by atoms with Crippen molar-refractivity contribution in [3.63, 3.8) is 0 Å². The van der Waals surface area contributed by atoms with Crippen molar-refractivity contribution in [1.82, 2.24) is 25.2 Å². The van der Waals surface area contributed by atoms with Crippen LogP contribution in [0.4, 0.5) is 0 Å². The van der Waals surface area contributed by atoms with E-state index in [0.717, 1.165) is 0 Å². The highest BCUT2D eigenvalue weighted by Gasteiger charge is 2.64. The highest BCUT2D eigenvalue weighted by atomic mass is 32.2. The van der Waals surface area contributed by atoms with E-state index in [1.54, 1.807) is 32.2 Å². The number of rotatable bonds is 3. The molecule has 0 aromatic carbocycles. The van der Waals surface area contributed by atoms with Gasteiger partial charge in [-0.1, -0.05) is 16.4 Å². The number of hydrogen-bond donors (Lipinski definition) is 0. The summed E-state index contributed by atoms with van der Waals surface area (Å²) < 4.78 is 35.3. The van der Waals surface area contributed by atoms with Gasteiger partial charge in [-0.25, -0.2) is 8.42 Å². The zero-order valence-electron chi connectivity index (χ0n) is 16.4. The van der Waals surface area contributed by atoms with E-state index in [-0.39, 0.29) is 30.6 Å². The van der Waals surface area contributed by atoms with Crippen LogP contribution in [-0.2, 0) is 9.84 Å². The van der Waals surface area contributed by atoms with Crippen molar-refractivity contribution < 1.29 is 22.3 Å². The second kappa shape index (κ2) is 6.46. The average molecular weight is 429 g/mol. The molecule has 5 heterocycles. The van der Waals surface area contributed by atoms with Gasteiger partial charge in [0.05, 0.1) is 17.4 Å². The second-order valence-corrected chi connectivity index (χ2v) is 10.2. The number of pyridine rings is 1. The summed E-state index contributed by atoms with van der Waals surface area (Å²) in [6.45, 7) is 3.50. The van der Waals surface area contributed by atoms with Crippen LogP contribution in [0.25, 0.3) is 11.5 Å². The molecule has 2 fully saturated rings. The lowest BCUT2D eigenvalue weighted by Gasteiger charge is -2.48. The van der Waals surface area contributed by atoms with Gasteiger partial charge in [0.1, 0.15) is 21.8 Å². The molecule has 3 aromatic rings. The standard InChI is InChI=1S/C19H19N5O5S/c1-11-15(12(2)28-22-11)18(25)24-9-19(10-24)13(6-8-30(19,26)27)17-21-16(23-29-17)14-5-3-4-7-20-14/h3-5,7,13H,6,8-10H2,1-2H3. The minimum Gasteiger partial charge on any atom is -0.361 e. The molecule has 0 aliphatic carbocycles. The predicted molar refractivity (Wildman–Crippen MR) is 103 cm³/mol. The summed E-state index contributed by atoms with van der Waals surface area (Å²) in [6.07, 6.45) is 2.00. The van der Waals surface area contributed by atoms with Crippen molar-refractivity contribution in [2.24, 2.45) is 0 Å². The van der Waals surface area contributed by atoms with E-state index >= 15 is 0 Å². The first-order valence-electron chi connectivity index (χ1n) is 9.52. The van der Waals surface area contributed by atoms with Crippen LogP contribution < -0.4 is 0 Å². The van der Waals surface area contributed by atoms with Crippen molar-refractivity contribution in [3.8, 4) is 11.5 Å². The number of aryl methyl sites for hydroxylation is 2. The predicted octanol–water partition coefficient (Wildman–Crippen LogP) is 1.53. The van der Waals surface area contributed by atoms with E-state index in [9.17, 15) is 13.2 Å². The Kier molecular flexibility index (Phi) is 4.07. The van der Waals surface area contributed by atoms with E-state index in [1.165, 1.54) is 4.90 Å². The first-order valence-corrected chi connectivity index (χ1v) is 11.2. The molecule has 2 aliphatic rings. The molecule has 0 radical (unpaired) electrons. The van der Waals surface area contributed by atoms with Gasteiger partial charge in [-0.3, -0.25) is 9.78 Å². The van der Waals surface area contributed by atoms with Gasteiger partial charge < -0.3 is 13.9 Å². The SMILES string of the molecule is Cc1noc(C)c1C(=O)N1CC2(C1)C(c1nc(-c3ccccn3)no1)CCS2(=O)=O. The molecule has 10 nitrogen and oxygen atoms in total. The minimum absolute atomic E-state index is 0.0202. The van der Waals surface area contributed by atoms with E-state index < -0.39 is 20.5 Å². The van der Waals surface area contributed by atoms with Crippen molar-refractivity contribution in [3.05, 3.63) is 47.3 Å². The van der Waals surface area contributed by atoms with Gasteiger partial charge in [-0.15, -0.1) is 0 Å². The lowest BCUT2D eigenvalue weighted by molar-refractivity contribution is 0.0501. The average Bonchev–Trinajstić information content (AvgIpc) is 3.36.